The Labute approximate surface area is 64.4 Å². The van der Waals surface area contributed by atoms with Crippen LogP contribution in [0.25, 0.3) is 0 Å². The number of nitrogens with one attached hydrogen (secondary N) is 1. The standard InChI is InChI=1S/C6H11FN2O2/c1-5(3-7)9-6(10)4-8-11-2/h4-5H,3H2,1-2H3,(H,9,10)/b8-4+. The lowest BCUT2D eigenvalue weighted by Crippen LogP contribution is -2.34. The molecule has 1 N–H and O–H groups in total. The average molecular weight is 162 g/mol. The van der Waals surface area contributed by atoms with Gasteiger partial charge in [-0.15, -0.1) is 0 Å². The van der Waals surface area contributed by atoms with Crippen LogP contribution in [-0.4, -0.2) is 31.9 Å². The first-order valence-corrected chi connectivity index (χ1v) is 3.13. The quantitative estimate of drug-likeness (QED) is 0.470. The normalized spacial score (nSPS) is 13.0. The second-order valence-corrected chi connectivity index (χ2v) is 1.98. The third-order valence-electron chi connectivity index (χ3n) is 0.895. The van der Waals surface area contributed by atoms with Gasteiger partial charge in [-0.25, -0.2) is 4.39 Å². The first-order chi connectivity index (χ1) is 5.20. The molecule has 1 unspecified atom stereocenters. The van der Waals surface area contributed by atoms with Crippen molar-refractivity contribution in [3.63, 3.8) is 0 Å². The maximum absolute atomic E-state index is 11.8. The molecule has 0 spiro atoms. The highest BCUT2D eigenvalue weighted by Crippen LogP contribution is 1.80. The Morgan fingerprint density at radius 2 is 2.55 bits per heavy atom. The van der Waals surface area contributed by atoms with E-state index in [1.54, 1.807) is 6.92 Å². The summed E-state index contributed by atoms with van der Waals surface area (Å²) in [5.41, 5.74) is 0. The van der Waals surface area contributed by atoms with Gasteiger partial charge >= 0.3 is 0 Å². The number of nitrogens with zero attached hydrogens (tertiary/aromatic N) is 1. The molecule has 0 aromatic heterocycles. The number of carbonyl (C=O) groups is 1. The van der Waals surface area contributed by atoms with Crippen molar-refractivity contribution in [3.8, 4) is 0 Å². The lowest BCUT2D eigenvalue weighted by atomic mass is 10.4. The molecule has 0 rings (SSSR count). The predicted molar refractivity (Wildman–Crippen MR) is 39.1 cm³/mol. The molecule has 4 nitrogen and oxygen atoms in total. The third-order valence-corrected chi connectivity index (χ3v) is 0.895. The molecule has 11 heavy (non-hydrogen) atoms. The van der Waals surface area contributed by atoms with E-state index in [0.29, 0.717) is 0 Å². The topological polar surface area (TPSA) is 50.7 Å². The van der Waals surface area contributed by atoms with E-state index >= 15 is 0 Å². The van der Waals surface area contributed by atoms with Gasteiger partial charge in [0, 0.05) is 0 Å². The van der Waals surface area contributed by atoms with Crippen LogP contribution in [0.5, 0.6) is 0 Å². The van der Waals surface area contributed by atoms with Crippen LogP contribution in [-0.2, 0) is 9.63 Å². The third kappa shape index (κ3) is 5.32. The number of oxime groups is 1. The van der Waals surface area contributed by atoms with Gasteiger partial charge in [-0.1, -0.05) is 5.16 Å². The molecular weight excluding hydrogens is 151 g/mol. The molecule has 0 saturated carbocycles. The van der Waals surface area contributed by atoms with Crippen molar-refractivity contribution in [3.05, 3.63) is 0 Å². The Hall–Kier alpha value is -1.13. The Balaban J connectivity index is 3.60. The van der Waals surface area contributed by atoms with Gasteiger partial charge in [-0.2, -0.15) is 0 Å². The van der Waals surface area contributed by atoms with Gasteiger partial charge in [0.05, 0.1) is 6.04 Å². The molecule has 0 saturated heterocycles. The first-order valence-electron chi connectivity index (χ1n) is 3.13. The summed E-state index contributed by atoms with van der Waals surface area (Å²) in [7, 11) is 1.32. The maximum Gasteiger partial charge on any atom is 0.266 e. The van der Waals surface area contributed by atoms with Gasteiger partial charge in [0.25, 0.3) is 5.91 Å². The van der Waals surface area contributed by atoms with E-state index in [2.05, 4.69) is 15.3 Å². The fraction of sp³-hybridized carbons (Fsp3) is 0.667. The molecule has 0 aromatic rings. The van der Waals surface area contributed by atoms with Crippen LogP contribution < -0.4 is 5.32 Å². The molecule has 1 atom stereocenters. The lowest BCUT2D eigenvalue weighted by Gasteiger charge is -2.05. The first kappa shape index (κ1) is 9.87. The molecule has 1 amide bonds. The zero-order valence-electron chi connectivity index (χ0n) is 6.50. The van der Waals surface area contributed by atoms with Crippen LogP contribution in [0.2, 0.25) is 0 Å². The van der Waals surface area contributed by atoms with E-state index in [-0.39, 0.29) is 0 Å². The summed E-state index contributed by atoms with van der Waals surface area (Å²) in [6, 6.07) is -0.481. The summed E-state index contributed by atoms with van der Waals surface area (Å²) in [6.45, 7) is 0.963. The molecule has 0 heterocycles. The SMILES string of the molecule is CO/N=C/C(=O)NC(C)CF. The Bertz CT molecular complexity index is 150. The highest BCUT2D eigenvalue weighted by molar-refractivity contribution is 6.26. The minimum atomic E-state index is -0.591. The van der Waals surface area contributed by atoms with E-state index < -0.39 is 18.6 Å². The van der Waals surface area contributed by atoms with Crippen molar-refractivity contribution in [2.75, 3.05) is 13.8 Å². The minimum absolute atomic E-state index is 0.461. The summed E-state index contributed by atoms with van der Waals surface area (Å²) >= 11 is 0. The Morgan fingerprint density at radius 1 is 1.91 bits per heavy atom. The Morgan fingerprint density at radius 3 is 3.00 bits per heavy atom. The van der Waals surface area contributed by atoms with Crippen LogP contribution in [0.4, 0.5) is 4.39 Å². The van der Waals surface area contributed by atoms with Crippen LogP contribution in [0.15, 0.2) is 5.16 Å². The van der Waals surface area contributed by atoms with Crippen molar-refractivity contribution in [1.29, 1.82) is 0 Å². The molecule has 5 heteroatoms. The zero-order valence-corrected chi connectivity index (χ0v) is 6.50. The zero-order chi connectivity index (χ0) is 8.69. The predicted octanol–water partition coefficient (Wildman–Crippen LogP) is 0.0928. The van der Waals surface area contributed by atoms with E-state index in [4.69, 9.17) is 0 Å². The largest absolute Gasteiger partial charge is 0.399 e. The van der Waals surface area contributed by atoms with Crippen LogP contribution >= 0.6 is 0 Å². The molecule has 0 fully saturated rings. The fourth-order valence-electron chi connectivity index (χ4n) is 0.419. The van der Waals surface area contributed by atoms with Crippen molar-refractivity contribution < 1.29 is 14.0 Å². The highest BCUT2D eigenvalue weighted by atomic mass is 19.1. The van der Waals surface area contributed by atoms with E-state index in [1.807, 2.05) is 0 Å². The van der Waals surface area contributed by atoms with Crippen LogP contribution in [0, 0.1) is 0 Å². The van der Waals surface area contributed by atoms with Gasteiger partial charge in [-0.05, 0) is 6.92 Å². The highest BCUT2D eigenvalue weighted by Gasteiger charge is 2.02. The van der Waals surface area contributed by atoms with Gasteiger partial charge in [0.2, 0.25) is 0 Å². The monoisotopic (exact) mass is 162 g/mol. The second-order valence-electron chi connectivity index (χ2n) is 1.98. The molecule has 0 aliphatic heterocycles. The summed E-state index contributed by atoms with van der Waals surface area (Å²) < 4.78 is 11.8. The van der Waals surface area contributed by atoms with Crippen molar-refractivity contribution >= 4 is 12.1 Å². The molecular formula is C6H11FN2O2. The number of carbonyl (C=O) groups excluding carboxylic acids is 1. The molecule has 64 valence electrons. The number of halogens is 1. The number of alkyl halides is 1. The molecule has 0 radical (unpaired) electrons. The lowest BCUT2D eigenvalue weighted by molar-refractivity contribution is -0.115. The molecule has 0 aliphatic carbocycles. The number of hydrogen-bond donors (Lipinski definition) is 1. The summed E-state index contributed by atoms with van der Waals surface area (Å²) in [5, 5.41) is 5.52. The molecule has 0 aliphatic rings. The fourth-order valence-corrected chi connectivity index (χ4v) is 0.419. The van der Waals surface area contributed by atoms with Crippen molar-refractivity contribution in [2.24, 2.45) is 5.16 Å². The van der Waals surface area contributed by atoms with Crippen molar-refractivity contribution in [1.82, 2.24) is 5.32 Å². The van der Waals surface area contributed by atoms with Gasteiger partial charge in [0.1, 0.15) is 20.0 Å². The van der Waals surface area contributed by atoms with Crippen LogP contribution in [0.1, 0.15) is 6.92 Å². The number of amides is 1. The summed E-state index contributed by atoms with van der Waals surface area (Å²) in [4.78, 5) is 14.9. The number of hydrogen-bond acceptors (Lipinski definition) is 3. The van der Waals surface area contributed by atoms with E-state index in [0.717, 1.165) is 6.21 Å². The van der Waals surface area contributed by atoms with E-state index in [9.17, 15) is 9.18 Å². The van der Waals surface area contributed by atoms with Gasteiger partial charge < -0.3 is 10.2 Å². The van der Waals surface area contributed by atoms with Crippen LogP contribution in [0.3, 0.4) is 0 Å². The summed E-state index contributed by atoms with van der Waals surface area (Å²) in [5.74, 6) is -0.461. The second kappa shape index (κ2) is 5.64. The Kier molecular flexibility index (Phi) is 5.06. The summed E-state index contributed by atoms with van der Waals surface area (Å²) in [6.07, 6.45) is 0.951. The molecule has 0 bridgehead atoms. The maximum atomic E-state index is 11.8. The average Bonchev–Trinajstić information content (AvgIpc) is 2.00. The van der Waals surface area contributed by atoms with Gasteiger partial charge in [-0.3, -0.25) is 4.79 Å². The van der Waals surface area contributed by atoms with Gasteiger partial charge in [0.15, 0.2) is 0 Å². The van der Waals surface area contributed by atoms with E-state index in [1.165, 1.54) is 7.11 Å². The smallest absolute Gasteiger partial charge is 0.266 e. The minimum Gasteiger partial charge on any atom is -0.399 e. The number of rotatable bonds is 4. The van der Waals surface area contributed by atoms with Crippen molar-refractivity contribution in [2.45, 2.75) is 13.0 Å². The molecule has 0 aromatic carbocycles.